The van der Waals surface area contributed by atoms with Crippen molar-refractivity contribution in [2.75, 3.05) is 0 Å². The van der Waals surface area contributed by atoms with E-state index in [2.05, 4.69) is 19.7 Å². The van der Waals surface area contributed by atoms with Crippen molar-refractivity contribution < 1.29 is 40.9 Å². The van der Waals surface area contributed by atoms with E-state index < -0.39 is 31.1 Å². The Labute approximate surface area is 130 Å². The molecule has 0 aromatic carbocycles. The fourth-order valence-electron chi connectivity index (χ4n) is 1.59. The van der Waals surface area contributed by atoms with Crippen molar-refractivity contribution in [3.8, 4) is 0 Å². The van der Waals surface area contributed by atoms with Gasteiger partial charge in [0.2, 0.25) is 0 Å². The highest BCUT2D eigenvalue weighted by Gasteiger charge is 2.36. The molecule has 2 rings (SSSR count). The molecule has 0 N–H and O–H groups in total. The van der Waals surface area contributed by atoms with E-state index in [1.807, 2.05) is 0 Å². The standard InChI is InChI=1S/C10H8BF6N4O3/c1-5-3-7(9(12,13)14)18-20(5)23-11(22)24-21-6(2)4-8(19-21)10(15,16)17/h3-4H,1-2H3/q-1. The zero-order valence-corrected chi connectivity index (χ0v) is 12.0. The molecule has 0 atom stereocenters. The van der Waals surface area contributed by atoms with Gasteiger partial charge in [-0.15, -0.1) is 19.9 Å². The molecular weight excluding hydrogens is 349 g/mol. The van der Waals surface area contributed by atoms with Crippen molar-refractivity contribution in [2.45, 2.75) is 26.2 Å². The minimum atomic E-state index is -4.75. The normalized spacial score (nSPS) is 12.4. The largest absolute Gasteiger partial charge is 0.805 e. The lowest BCUT2D eigenvalue weighted by Crippen LogP contribution is -2.52. The fourth-order valence-corrected chi connectivity index (χ4v) is 1.59. The third-order valence-corrected chi connectivity index (χ3v) is 2.64. The Morgan fingerprint density at radius 3 is 1.46 bits per heavy atom. The summed E-state index contributed by atoms with van der Waals surface area (Å²) in [7, 11) is -2.51. The van der Waals surface area contributed by atoms with Crippen molar-refractivity contribution in [1.29, 1.82) is 0 Å². The van der Waals surface area contributed by atoms with Crippen LogP contribution in [0.25, 0.3) is 0 Å². The van der Waals surface area contributed by atoms with Gasteiger partial charge < -0.3 is 14.5 Å². The SMILES string of the molecule is Cc1cc(C(F)(F)F)nn1OB([O-])On1nc(C(F)(F)F)cc1C. The van der Waals surface area contributed by atoms with Crippen LogP contribution in [-0.2, 0) is 12.4 Å². The van der Waals surface area contributed by atoms with E-state index >= 15 is 0 Å². The van der Waals surface area contributed by atoms with Crippen LogP contribution in [0, 0.1) is 13.8 Å². The van der Waals surface area contributed by atoms with E-state index in [0.29, 0.717) is 12.1 Å². The summed E-state index contributed by atoms with van der Waals surface area (Å²) < 4.78 is 83.7. The van der Waals surface area contributed by atoms with Crippen LogP contribution < -0.4 is 14.5 Å². The number of halogens is 6. The maximum atomic E-state index is 12.5. The van der Waals surface area contributed by atoms with E-state index in [1.54, 1.807) is 0 Å². The number of rotatable bonds is 4. The van der Waals surface area contributed by atoms with Crippen LogP contribution in [0.4, 0.5) is 26.3 Å². The number of hydrogen-bond donors (Lipinski definition) is 0. The molecule has 7 nitrogen and oxygen atoms in total. The highest BCUT2D eigenvalue weighted by Crippen LogP contribution is 2.29. The van der Waals surface area contributed by atoms with E-state index in [0.717, 1.165) is 0 Å². The van der Waals surface area contributed by atoms with E-state index in [9.17, 15) is 31.4 Å². The first kappa shape index (κ1) is 18.0. The zero-order valence-electron chi connectivity index (χ0n) is 12.0. The molecule has 0 radical (unpaired) electrons. The maximum absolute atomic E-state index is 12.5. The Kier molecular flexibility index (Phi) is 4.43. The third kappa shape index (κ3) is 3.93. The van der Waals surface area contributed by atoms with Crippen LogP contribution in [0.15, 0.2) is 12.1 Å². The predicted octanol–water partition coefficient (Wildman–Crippen LogP) is 0.637. The Morgan fingerprint density at radius 2 is 1.21 bits per heavy atom. The Hall–Kier alpha value is -2.38. The smallest absolute Gasteiger partial charge is 0.544 e. The number of alkyl halides is 6. The van der Waals surface area contributed by atoms with Gasteiger partial charge in [-0.25, -0.2) is 0 Å². The molecule has 132 valence electrons. The topological polar surface area (TPSA) is 77.2 Å². The van der Waals surface area contributed by atoms with Gasteiger partial charge in [-0.1, -0.05) is 0 Å². The lowest BCUT2D eigenvalue weighted by molar-refractivity contribution is -0.258. The van der Waals surface area contributed by atoms with E-state index in [4.69, 9.17) is 0 Å². The van der Waals surface area contributed by atoms with Crippen LogP contribution in [0.5, 0.6) is 0 Å². The molecule has 0 saturated carbocycles. The fraction of sp³-hybridized carbons (Fsp3) is 0.400. The molecule has 0 fully saturated rings. The summed E-state index contributed by atoms with van der Waals surface area (Å²) in [5.74, 6) is 0. The number of aryl methyl sites for hydroxylation is 2. The second-order valence-corrected chi connectivity index (χ2v) is 4.58. The van der Waals surface area contributed by atoms with Crippen LogP contribution >= 0.6 is 0 Å². The summed E-state index contributed by atoms with van der Waals surface area (Å²) in [5, 5.41) is 17.6. The van der Waals surface area contributed by atoms with Gasteiger partial charge in [-0.05, 0) is 26.0 Å². The molecule has 2 aromatic rings. The lowest BCUT2D eigenvalue weighted by atomic mass is 10.3. The van der Waals surface area contributed by atoms with Crippen molar-refractivity contribution in [3.05, 3.63) is 34.9 Å². The molecule has 24 heavy (non-hydrogen) atoms. The molecule has 0 aliphatic carbocycles. The zero-order chi connectivity index (χ0) is 18.3. The molecule has 0 saturated heterocycles. The first-order valence-corrected chi connectivity index (χ1v) is 6.16. The molecule has 0 spiro atoms. The summed E-state index contributed by atoms with van der Waals surface area (Å²) in [6, 6.07) is 1.24. The van der Waals surface area contributed by atoms with Crippen molar-refractivity contribution in [3.63, 3.8) is 0 Å². The average Bonchev–Trinajstić information content (AvgIpc) is 2.94. The predicted molar refractivity (Wildman–Crippen MR) is 62.8 cm³/mol. The van der Waals surface area contributed by atoms with Crippen LogP contribution in [-0.4, -0.2) is 27.2 Å². The van der Waals surface area contributed by atoms with E-state index in [-0.39, 0.29) is 21.1 Å². The van der Waals surface area contributed by atoms with Gasteiger partial charge in [0.15, 0.2) is 11.4 Å². The summed E-state index contributed by atoms with van der Waals surface area (Å²) in [5.41, 5.74) is -2.94. The van der Waals surface area contributed by atoms with Crippen molar-refractivity contribution in [2.24, 2.45) is 0 Å². The molecule has 0 aliphatic heterocycles. The summed E-state index contributed by atoms with van der Waals surface area (Å²) in [6.07, 6.45) is -9.50. The minimum absolute atomic E-state index is 0.167. The molecule has 0 amide bonds. The quantitative estimate of drug-likeness (QED) is 0.593. The molecular formula is C10H8BF6N4O3-. The molecule has 2 aromatic heterocycles. The highest BCUT2D eigenvalue weighted by molar-refractivity contribution is 6.32. The van der Waals surface area contributed by atoms with E-state index in [1.165, 1.54) is 13.8 Å². The molecule has 0 unspecified atom stereocenters. The average molecular weight is 357 g/mol. The number of nitrogens with zero attached hydrogens (tertiary/aromatic N) is 4. The monoisotopic (exact) mass is 357 g/mol. The van der Waals surface area contributed by atoms with Gasteiger partial charge in [-0.3, -0.25) is 0 Å². The number of hydrogen-bond acceptors (Lipinski definition) is 5. The first-order chi connectivity index (χ1) is 10.9. The maximum Gasteiger partial charge on any atom is 0.544 e. The van der Waals surface area contributed by atoms with Gasteiger partial charge in [0, 0.05) is 0 Å². The first-order valence-electron chi connectivity index (χ1n) is 6.16. The van der Waals surface area contributed by atoms with Gasteiger partial charge >= 0.3 is 19.7 Å². The van der Waals surface area contributed by atoms with Crippen LogP contribution in [0.2, 0.25) is 0 Å². The summed E-state index contributed by atoms with van der Waals surface area (Å²) in [4.78, 5) is 0.536. The van der Waals surface area contributed by atoms with Gasteiger partial charge in [0.05, 0.1) is 11.4 Å². The van der Waals surface area contributed by atoms with Gasteiger partial charge in [0.1, 0.15) is 0 Å². The van der Waals surface area contributed by atoms with Crippen LogP contribution in [0.3, 0.4) is 0 Å². The summed E-state index contributed by atoms with van der Waals surface area (Å²) >= 11 is 0. The third-order valence-electron chi connectivity index (χ3n) is 2.64. The Balaban J connectivity index is 2.10. The summed E-state index contributed by atoms with van der Waals surface area (Å²) in [6.45, 7) is 2.35. The molecule has 14 heteroatoms. The van der Waals surface area contributed by atoms with Crippen molar-refractivity contribution >= 4 is 7.32 Å². The number of aromatic nitrogens is 4. The minimum Gasteiger partial charge on any atom is -0.805 e. The molecule has 0 bridgehead atoms. The van der Waals surface area contributed by atoms with Crippen LogP contribution in [0.1, 0.15) is 22.8 Å². The second kappa shape index (κ2) is 5.92. The highest BCUT2D eigenvalue weighted by atomic mass is 19.4. The molecule has 2 heterocycles. The second-order valence-electron chi connectivity index (χ2n) is 4.58. The van der Waals surface area contributed by atoms with Gasteiger partial charge in [-0.2, -0.15) is 26.3 Å². The Bertz CT molecular complexity index is 665. The molecule has 0 aliphatic rings. The van der Waals surface area contributed by atoms with Gasteiger partial charge in [0.25, 0.3) is 0 Å². The van der Waals surface area contributed by atoms with Crippen molar-refractivity contribution in [1.82, 2.24) is 19.9 Å². The Morgan fingerprint density at radius 1 is 0.875 bits per heavy atom. The lowest BCUT2D eigenvalue weighted by Gasteiger charge is -2.20.